The van der Waals surface area contributed by atoms with E-state index in [-0.39, 0.29) is 16.9 Å². The number of hydrogen-bond acceptors (Lipinski definition) is 6. The van der Waals surface area contributed by atoms with Crippen LogP contribution in [0.25, 0.3) is 0 Å². The Morgan fingerprint density at radius 2 is 1.69 bits per heavy atom. The number of nitrogens with one attached hydrogen (secondary N) is 3. The molecule has 1 heterocycles. The van der Waals surface area contributed by atoms with Crippen LogP contribution in [0.15, 0.2) is 58.0 Å². The SMILES string of the molecule is COc1ccccc1C(=O)NNC(=O)c1oc2c(c1C)/C(=N/NC(=O)c1ccc(F)cc1)CCC2. The molecule has 3 amide bonds. The molecule has 1 aliphatic carbocycles. The molecule has 0 fully saturated rings. The number of hydrogen-bond donors (Lipinski definition) is 3. The Hall–Kier alpha value is -4.47. The summed E-state index contributed by atoms with van der Waals surface area (Å²) < 4.78 is 24.1. The number of methoxy groups -OCH3 is 1. The number of hydrazone groups is 1. The lowest BCUT2D eigenvalue weighted by Crippen LogP contribution is -2.41. The first-order valence-corrected chi connectivity index (χ1v) is 10.9. The second-order valence-corrected chi connectivity index (χ2v) is 7.82. The predicted octanol–water partition coefficient (Wildman–Crippen LogP) is 3.28. The van der Waals surface area contributed by atoms with Crippen molar-refractivity contribution in [2.45, 2.75) is 26.2 Å². The van der Waals surface area contributed by atoms with E-state index in [2.05, 4.69) is 21.4 Å². The van der Waals surface area contributed by atoms with E-state index in [4.69, 9.17) is 9.15 Å². The molecule has 9 nitrogen and oxygen atoms in total. The third-order valence-corrected chi connectivity index (χ3v) is 5.57. The fraction of sp³-hybridized carbons (Fsp3) is 0.200. The lowest BCUT2D eigenvalue weighted by molar-refractivity contribution is 0.0827. The fourth-order valence-electron chi connectivity index (χ4n) is 3.85. The number of carbonyl (C=O) groups is 3. The molecule has 0 spiro atoms. The summed E-state index contributed by atoms with van der Waals surface area (Å²) in [5.41, 5.74) is 9.49. The third-order valence-electron chi connectivity index (χ3n) is 5.57. The van der Waals surface area contributed by atoms with Crippen molar-refractivity contribution in [3.8, 4) is 5.75 Å². The summed E-state index contributed by atoms with van der Waals surface area (Å²) in [5.74, 6) is -1.12. The Labute approximate surface area is 200 Å². The van der Waals surface area contributed by atoms with Crippen LogP contribution in [0, 0.1) is 12.7 Å². The van der Waals surface area contributed by atoms with E-state index in [9.17, 15) is 18.8 Å². The zero-order chi connectivity index (χ0) is 24.9. The highest BCUT2D eigenvalue weighted by Gasteiger charge is 2.28. The van der Waals surface area contributed by atoms with Crippen molar-refractivity contribution in [3.05, 3.63) is 88.1 Å². The molecule has 0 saturated carbocycles. The quantitative estimate of drug-likeness (QED) is 0.486. The van der Waals surface area contributed by atoms with Gasteiger partial charge in [-0.15, -0.1) is 0 Å². The highest BCUT2D eigenvalue weighted by Crippen LogP contribution is 2.30. The van der Waals surface area contributed by atoms with Gasteiger partial charge in [0, 0.05) is 23.1 Å². The van der Waals surface area contributed by atoms with Crippen molar-refractivity contribution >= 4 is 23.4 Å². The average Bonchev–Trinajstić information content (AvgIpc) is 3.23. The van der Waals surface area contributed by atoms with Gasteiger partial charge in [-0.25, -0.2) is 9.82 Å². The van der Waals surface area contributed by atoms with Crippen molar-refractivity contribution in [3.63, 3.8) is 0 Å². The van der Waals surface area contributed by atoms with Crippen LogP contribution >= 0.6 is 0 Å². The number of hydrazine groups is 1. The van der Waals surface area contributed by atoms with E-state index >= 15 is 0 Å². The van der Waals surface area contributed by atoms with Crippen molar-refractivity contribution in [1.29, 1.82) is 0 Å². The summed E-state index contributed by atoms with van der Waals surface area (Å²) in [7, 11) is 1.45. The van der Waals surface area contributed by atoms with Gasteiger partial charge in [0.05, 0.1) is 18.4 Å². The number of fused-ring (bicyclic) bond motifs is 1. The highest BCUT2D eigenvalue weighted by molar-refractivity contribution is 6.07. The van der Waals surface area contributed by atoms with E-state index in [0.717, 1.165) is 6.42 Å². The molecular weight excluding hydrogens is 455 g/mol. The van der Waals surface area contributed by atoms with Gasteiger partial charge >= 0.3 is 5.91 Å². The molecule has 1 aliphatic rings. The second kappa shape index (κ2) is 10.2. The van der Waals surface area contributed by atoms with Gasteiger partial charge in [-0.3, -0.25) is 25.2 Å². The maximum atomic E-state index is 13.1. The van der Waals surface area contributed by atoms with Crippen LogP contribution in [0.2, 0.25) is 0 Å². The van der Waals surface area contributed by atoms with Gasteiger partial charge in [0.1, 0.15) is 17.3 Å². The number of aryl methyl sites for hydroxylation is 1. The minimum atomic E-state index is -0.630. The molecule has 2 aromatic carbocycles. The largest absolute Gasteiger partial charge is 0.496 e. The summed E-state index contributed by atoms with van der Waals surface area (Å²) in [6, 6.07) is 11.7. The van der Waals surface area contributed by atoms with Crippen LogP contribution in [-0.2, 0) is 6.42 Å². The maximum Gasteiger partial charge on any atom is 0.305 e. The number of para-hydroxylation sites is 1. The van der Waals surface area contributed by atoms with Crippen LogP contribution in [0.1, 0.15) is 61.0 Å². The zero-order valence-corrected chi connectivity index (χ0v) is 19.1. The fourth-order valence-corrected chi connectivity index (χ4v) is 3.85. The van der Waals surface area contributed by atoms with Gasteiger partial charge in [-0.1, -0.05) is 12.1 Å². The summed E-state index contributed by atoms with van der Waals surface area (Å²) in [4.78, 5) is 37.6. The highest BCUT2D eigenvalue weighted by atomic mass is 19.1. The topological polar surface area (TPSA) is 122 Å². The normalized spacial score (nSPS) is 13.6. The van der Waals surface area contributed by atoms with E-state index < -0.39 is 23.5 Å². The molecule has 0 saturated heterocycles. The Balaban J connectivity index is 1.48. The van der Waals surface area contributed by atoms with E-state index in [1.807, 2.05) is 0 Å². The van der Waals surface area contributed by atoms with Gasteiger partial charge < -0.3 is 9.15 Å². The molecule has 10 heteroatoms. The van der Waals surface area contributed by atoms with Crippen LogP contribution in [0.5, 0.6) is 5.75 Å². The molecule has 0 atom stereocenters. The number of ether oxygens (including phenoxy) is 1. The Bertz CT molecular complexity index is 1310. The molecule has 4 rings (SSSR count). The Morgan fingerprint density at radius 3 is 2.43 bits per heavy atom. The number of carbonyl (C=O) groups excluding carboxylic acids is 3. The number of halogens is 1. The molecule has 0 unspecified atom stereocenters. The number of nitrogens with zero attached hydrogens (tertiary/aromatic N) is 1. The third kappa shape index (κ3) is 5.06. The number of rotatable bonds is 5. The summed E-state index contributed by atoms with van der Waals surface area (Å²) in [6.45, 7) is 1.71. The van der Waals surface area contributed by atoms with Gasteiger partial charge in [0.15, 0.2) is 5.76 Å². The average molecular weight is 478 g/mol. The van der Waals surface area contributed by atoms with Gasteiger partial charge in [-0.2, -0.15) is 5.10 Å². The lowest BCUT2D eigenvalue weighted by atomic mass is 9.93. The van der Waals surface area contributed by atoms with Crippen LogP contribution in [0.4, 0.5) is 4.39 Å². The van der Waals surface area contributed by atoms with Gasteiger partial charge in [-0.05, 0) is 56.2 Å². The molecule has 0 bridgehead atoms. The Morgan fingerprint density at radius 1 is 0.971 bits per heavy atom. The smallest absolute Gasteiger partial charge is 0.305 e. The second-order valence-electron chi connectivity index (χ2n) is 7.82. The predicted molar refractivity (Wildman–Crippen MR) is 125 cm³/mol. The number of amides is 3. The van der Waals surface area contributed by atoms with Crippen LogP contribution in [-0.4, -0.2) is 30.5 Å². The molecule has 180 valence electrons. The first kappa shape index (κ1) is 23.7. The van der Waals surface area contributed by atoms with Gasteiger partial charge in [0.2, 0.25) is 0 Å². The lowest BCUT2D eigenvalue weighted by Gasteiger charge is -2.13. The zero-order valence-electron chi connectivity index (χ0n) is 19.1. The van der Waals surface area contributed by atoms with Crippen LogP contribution < -0.4 is 21.0 Å². The van der Waals surface area contributed by atoms with Crippen molar-refractivity contribution in [2.24, 2.45) is 5.10 Å². The monoisotopic (exact) mass is 478 g/mol. The molecule has 3 N–H and O–H groups in total. The molecule has 0 radical (unpaired) electrons. The first-order chi connectivity index (χ1) is 16.9. The van der Waals surface area contributed by atoms with Crippen LogP contribution in [0.3, 0.4) is 0 Å². The summed E-state index contributed by atoms with van der Waals surface area (Å²) in [6.07, 6.45) is 1.89. The molecule has 35 heavy (non-hydrogen) atoms. The molecule has 1 aromatic heterocycles. The minimum absolute atomic E-state index is 0.0368. The maximum absolute atomic E-state index is 13.1. The van der Waals surface area contributed by atoms with E-state index in [0.29, 0.717) is 41.2 Å². The number of furan rings is 1. The van der Waals surface area contributed by atoms with Crippen molar-refractivity contribution in [1.82, 2.24) is 16.3 Å². The van der Waals surface area contributed by atoms with Crippen molar-refractivity contribution in [2.75, 3.05) is 7.11 Å². The van der Waals surface area contributed by atoms with E-state index in [1.54, 1.807) is 31.2 Å². The molecule has 3 aromatic rings. The summed E-state index contributed by atoms with van der Waals surface area (Å²) in [5, 5.41) is 4.24. The minimum Gasteiger partial charge on any atom is -0.496 e. The first-order valence-electron chi connectivity index (χ1n) is 10.9. The van der Waals surface area contributed by atoms with E-state index in [1.165, 1.54) is 31.4 Å². The Kier molecular flexibility index (Phi) is 6.91. The summed E-state index contributed by atoms with van der Waals surface area (Å²) >= 11 is 0. The van der Waals surface area contributed by atoms with Gasteiger partial charge in [0.25, 0.3) is 11.8 Å². The molecule has 0 aliphatic heterocycles. The number of benzene rings is 2. The standard InChI is InChI=1S/C25H23FN4O5/c1-14-21-18(27-28-23(31)15-10-12-16(26)13-11-15)7-5-9-20(21)35-22(14)25(33)30-29-24(32)17-6-3-4-8-19(17)34-2/h3-4,6,8,10-13H,5,7,9H2,1-2H3,(H,28,31)(H,29,32)(H,30,33)/b27-18+. The molecular formula is C25H23FN4O5. The van der Waals surface area contributed by atoms with Crippen molar-refractivity contribution < 1.29 is 27.9 Å².